The molecule has 4 bridgehead atoms. The molecule has 0 saturated carbocycles. The number of nitrogens with zero attached hydrogens (tertiary/aromatic N) is 3. The van der Waals surface area contributed by atoms with Gasteiger partial charge in [0, 0.05) is 43.2 Å². The summed E-state index contributed by atoms with van der Waals surface area (Å²) >= 11 is 0. The minimum atomic E-state index is -0.315. The van der Waals surface area contributed by atoms with Crippen molar-refractivity contribution in [3.63, 3.8) is 0 Å². The summed E-state index contributed by atoms with van der Waals surface area (Å²) < 4.78 is 22.0. The van der Waals surface area contributed by atoms with Crippen molar-refractivity contribution in [1.29, 1.82) is 0 Å². The van der Waals surface area contributed by atoms with Crippen molar-refractivity contribution in [2.45, 2.75) is 6.17 Å². The summed E-state index contributed by atoms with van der Waals surface area (Å²) in [6, 6.07) is 8.51. The highest BCUT2D eigenvalue weighted by Gasteiger charge is 2.24. The van der Waals surface area contributed by atoms with E-state index >= 15 is 0 Å². The predicted octanol–water partition coefficient (Wildman–Crippen LogP) is 2.11. The second kappa shape index (κ2) is 6.80. The molecule has 1 saturated heterocycles. The zero-order valence-corrected chi connectivity index (χ0v) is 14.7. The van der Waals surface area contributed by atoms with E-state index in [0.717, 1.165) is 31.0 Å². The SMILES string of the molecule is Fc1ccc2cc1-c1ccn3ccc(nc13)NCCN1CCOCC1NO2. The molecular weight excluding hydrogens is 349 g/mol. The molecule has 140 valence electrons. The average Bonchev–Trinajstić information content (AvgIpc) is 3.11. The molecule has 2 aliphatic rings. The zero-order valence-electron chi connectivity index (χ0n) is 14.7. The van der Waals surface area contributed by atoms with E-state index in [1.54, 1.807) is 12.1 Å². The normalized spacial score (nSPS) is 20.6. The van der Waals surface area contributed by atoms with Crippen LogP contribution in [-0.2, 0) is 4.74 Å². The van der Waals surface area contributed by atoms with Crippen molar-refractivity contribution in [2.75, 3.05) is 38.2 Å². The number of aromatic nitrogens is 2. The highest BCUT2D eigenvalue weighted by Crippen LogP contribution is 2.31. The van der Waals surface area contributed by atoms with Crippen LogP contribution >= 0.6 is 0 Å². The molecule has 1 fully saturated rings. The van der Waals surface area contributed by atoms with Crippen LogP contribution in [0.3, 0.4) is 0 Å². The molecule has 8 heteroatoms. The van der Waals surface area contributed by atoms with Crippen LogP contribution in [0.1, 0.15) is 0 Å². The van der Waals surface area contributed by atoms with E-state index < -0.39 is 0 Å². The van der Waals surface area contributed by atoms with E-state index in [0.29, 0.717) is 30.2 Å². The van der Waals surface area contributed by atoms with Gasteiger partial charge in [-0.25, -0.2) is 9.37 Å². The molecule has 1 atom stereocenters. The van der Waals surface area contributed by atoms with Gasteiger partial charge in [-0.15, -0.1) is 5.48 Å². The molecule has 1 unspecified atom stereocenters. The van der Waals surface area contributed by atoms with Crippen LogP contribution in [0.4, 0.5) is 10.2 Å². The van der Waals surface area contributed by atoms with Crippen molar-refractivity contribution in [2.24, 2.45) is 0 Å². The number of hydroxylamine groups is 1. The lowest BCUT2D eigenvalue weighted by atomic mass is 10.1. The van der Waals surface area contributed by atoms with Gasteiger partial charge in [0.05, 0.1) is 13.2 Å². The third-order valence-corrected chi connectivity index (χ3v) is 4.99. The van der Waals surface area contributed by atoms with Crippen LogP contribution in [0.15, 0.2) is 42.7 Å². The Hall–Kier alpha value is -2.68. The summed E-state index contributed by atoms with van der Waals surface area (Å²) in [6.07, 6.45) is 3.73. The number of anilines is 1. The third kappa shape index (κ3) is 3.12. The number of nitrogens with one attached hydrogen (secondary N) is 2. The van der Waals surface area contributed by atoms with Crippen molar-refractivity contribution in [1.82, 2.24) is 19.8 Å². The Morgan fingerprint density at radius 3 is 3.00 bits per heavy atom. The molecule has 1 aromatic carbocycles. The molecule has 2 aromatic heterocycles. The quantitative estimate of drug-likeness (QED) is 0.633. The monoisotopic (exact) mass is 369 g/mol. The zero-order chi connectivity index (χ0) is 18.2. The molecule has 0 radical (unpaired) electrons. The summed E-state index contributed by atoms with van der Waals surface area (Å²) in [6.45, 7) is 3.59. The van der Waals surface area contributed by atoms with Crippen LogP contribution in [0.2, 0.25) is 0 Å². The molecule has 2 N–H and O–H groups in total. The maximum absolute atomic E-state index is 14.6. The van der Waals surface area contributed by atoms with E-state index in [1.165, 1.54) is 6.07 Å². The second-order valence-corrected chi connectivity index (χ2v) is 6.69. The molecule has 27 heavy (non-hydrogen) atoms. The van der Waals surface area contributed by atoms with E-state index in [9.17, 15) is 4.39 Å². The molecule has 0 spiro atoms. The van der Waals surface area contributed by atoms with Crippen molar-refractivity contribution < 1.29 is 14.0 Å². The van der Waals surface area contributed by atoms with Gasteiger partial charge in [-0.1, -0.05) is 0 Å². The Labute approximate surface area is 155 Å². The second-order valence-electron chi connectivity index (χ2n) is 6.69. The number of morpholine rings is 1. The first kappa shape index (κ1) is 16.5. The first-order valence-electron chi connectivity index (χ1n) is 9.03. The van der Waals surface area contributed by atoms with E-state index in [-0.39, 0.29) is 12.0 Å². The fraction of sp³-hybridized carbons (Fsp3) is 0.316. The van der Waals surface area contributed by atoms with Gasteiger partial charge in [0.15, 0.2) is 0 Å². The number of rotatable bonds is 0. The van der Waals surface area contributed by atoms with Crippen molar-refractivity contribution in [3.8, 4) is 16.9 Å². The first-order chi connectivity index (χ1) is 13.3. The van der Waals surface area contributed by atoms with Gasteiger partial charge < -0.3 is 19.3 Å². The van der Waals surface area contributed by atoms with Gasteiger partial charge in [-0.2, -0.15) is 0 Å². The highest BCUT2D eigenvalue weighted by molar-refractivity contribution is 5.80. The fourth-order valence-electron chi connectivity index (χ4n) is 3.54. The topological polar surface area (TPSA) is 63.1 Å². The third-order valence-electron chi connectivity index (χ3n) is 4.99. The average molecular weight is 369 g/mol. The highest BCUT2D eigenvalue weighted by atomic mass is 19.1. The molecule has 3 aromatic rings. The molecule has 5 rings (SSSR count). The predicted molar refractivity (Wildman–Crippen MR) is 99.0 cm³/mol. The summed E-state index contributed by atoms with van der Waals surface area (Å²) in [5.41, 5.74) is 4.94. The lowest BCUT2D eigenvalue weighted by molar-refractivity contribution is -0.0585. The van der Waals surface area contributed by atoms with Crippen LogP contribution in [0.25, 0.3) is 16.8 Å². The number of hydrogen-bond acceptors (Lipinski definition) is 6. The van der Waals surface area contributed by atoms with Crippen LogP contribution in [0, 0.1) is 5.82 Å². The molecule has 4 heterocycles. The summed E-state index contributed by atoms with van der Waals surface area (Å²) in [5, 5.41) is 3.36. The number of halogens is 1. The van der Waals surface area contributed by atoms with Gasteiger partial charge in [0.25, 0.3) is 0 Å². The lowest BCUT2D eigenvalue weighted by Gasteiger charge is -2.35. The van der Waals surface area contributed by atoms with Gasteiger partial charge in [-0.3, -0.25) is 4.90 Å². The maximum atomic E-state index is 14.6. The fourth-order valence-corrected chi connectivity index (χ4v) is 3.54. The van der Waals surface area contributed by atoms with Gasteiger partial charge >= 0.3 is 0 Å². The largest absolute Gasteiger partial charge is 0.407 e. The van der Waals surface area contributed by atoms with E-state index in [4.69, 9.17) is 9.57 Å². The van der Waals surface area contributed by atoms with Crippen molar-refractivity contribution in [3.05, 3.63) is 48.5 Å². The number of benzene rings is 1. The van der Waals surface area contributed by atoms with Crippen LogP contribution < -0.4 is 15.6 Å². The Morgan fingerprint density at radius 2 is 2.04 bits per heavy atom. The molecular formula is C19H20FN5O2. The Balaban J connectivity index is 1.59. The molecule has 7 nitrogen and oxygen atoms in total. The first-order valence-corrected chi connectivity index (χ1v) is 9.03. The van der Waals surface area contributed by atoms with Gasteiger partial charge in [0.2, 0.25) is 0 Å². The molecule has 0 amide bonds. The number of ether oxygens (including phenoxy) is 1. The summed E-state index contributed by atoms with van der Waals surface area (Å²) in [5.74, 6) is 0.998. The minimum absolute atomic E-state index is 0.0718. The molecule has 0 aliphatic carbocycles. The smallest absolute Gasteiger partial charge is 0.148 e. The maximum Gasteiger partial charge on any atom is 0.148 e. The molecule has 2 aliphatic heterocycles. The van der Waals surface area contributed by atoms with Crippen LogP contribution in [-0.4, -0.2) is 53.3 Å². The van der Waals surface area contributed by atoms with Gasteiger partial charge in [0.1, 0.15) is 29.2 Å². The lowest BCUT2D eigenvalue weighted by Crippen LogP contribution is -2.55. The van der Waals surface area contributed by atoms with E-state index in [2.05, 4.69) is 20.7 Å². The van der Waals surface area contributed by atoms with E-state index in [1.807, 2.05) is 28.9 Å². The minimum Gasteiger partial charge on any atom is -0.407 e. The van der Waals surface area contributed by atoms with Crippen molar-refractivity contribution >= 4 is 11.5 Å². The van der Waals surface area contributed by atoms with Gasteiger partial charge in [-0.05, 0) is 30.3 Å². The Kier molecular flexibility index (Phi) is 4.16. The Morgan fingerprint density at radius 1 is 1.11 bits per heavy atom. The van der Waals surface area contributed by atoms with Crippen LogP contribution in [0.5, 0.6) is 5.75 Å². The standard InChI is InChI=1S/C19H20FN5O2/c20-16-2-1-13-11-15(16)14-3-6-25-7-4-17(22-19(14)25)21-5-8-24-9-10-26-12-18(24)23-27-13/h1-4,6-7,11,18,23H,5,8-10,12H2,(H,21,22). The Bertz CT molecular complexity index is 976. The summed E-state index contributed by atoms with van der Waals surface area (Å²) in [4.78, 5) is 12.7. The number of hydrogen-bond donors (Lipinski definition) is 2. The number of fused-ring (bicyclic) bond motifs is 5. The summed E-state index contributed by atoms with van der Waals surface area (Å²) in [7, 11) is 0.